The monoisotopic (exact) mass is 314 g/mol. The zero-order valence-electron chi connectivity index (χ0n) is 10.6. The van der Waals surface area contributed by atoms with Gasteiger partial charge in [0, 0.05) is 10.6 Å². The Labute approximate surface area is 123 Å². The van der Waals surface area contributed by atoms with E-state index in [9.17, 15) is 18.0 Å². The second-order valence-electron chi connectivity index (χ2n) is 4.23. The van der Waals surface area contributed by atoms with Gasteiger partial charge in [0.1, 0.15) is 0 Å². The summed E-state index contributed by atoms with van der Waals surface area (Å²) in [4.78, 5) is 12.1. The van der Waals surface area contributed by atoms with Crippen molar-refractivity contribution in [1.82, 2.24) is 0 Å². The molecule has 7 heteroatoms. The van der Waals surface area contributed by atoms with Crippen molar-refractivity contribution in [2.45, 2.75) is 6.18 Å². The largest absolute Gasteiger partial charge is 0.416 e. The van der Waals surface area contributed by atoms with Crippen LogP contribution in [0.1, 0.15) is 15.9 Å². The Morgan fingerprint density at radius 1 is 1.10 bits per heavy atom. The summed E-state index contributed by atoms with van der Waals surface area (Å²) in [7, 11) is 0. The van der Waals surface area contributed by atoms with E-state index < -0.39 is 17.6 Å². The van der Waals surface area contributed by atoms with E-state index in [1.54, 1.807) is 0 Å². The van der Waals surface area contributed by atoms with Crippen LogP contribution in [0, 0.1) is 0 Å². The maximum atomic E-state index is 12.6. The smallest absolute Gasteiger partial charge is 0.267 e. The molecule has 2 aromatic carbocycles. The van der Waals surface area contributed by atoms with E-state index in [2.05, 4.69) is 0 Å². The Balaban J connectivity index is 2.29. The van der Waals surface area contributed by atoms with Crippen LogP contribution in [0.3, 0.4) is 0 Å². The first-order valence-electron chi connectivity index (χ1n) is 5.81. The van der Waals surface area contributed by atoms with Gasteiger partial charge in [0.2, 0.25) is 0 Å². The lowest BCUT2D eigenvalue weighted by Gasteiger charge is -2.18. The maximum absolute atomic E-state index is 12.6. The summed E-state index contributed by atoms with van der Waals surface area (Å²) in [5.41, 5.74) is -0.705. The summed E-state index contributed by atoms with van der Waals surface area (Å²) in [5, 5.41) is 1.10. The third-order valence-corrected chi connectivity index (χ3v) is 3.01. The third kappa shape index (κ3) is 3.53. The zero-order valence-corrected chi connectivity index (χ0v) is 11.3. The molecule has 0 aliphatic rings. The van der Waals surface area contributed by atoms with Gasteiger partial charge in [0.25, 0.3) is 5.91 Å². The molecule has 0 spiro atoms. The number of carbonyl (C=O) groups is 1. The van der Waals surface area contributed by atoms with E-state index in [4.69, 9.17) is 17.4 Å². The lowest BCUT2D eigenvalue weighted by Crippen LogP contribution is -2.37. The fourth-order valence-electron chi connectivity index (χ4n) is 1.68. The molecule has 3 nitrogen and oxygen atoms in total. The predicted molar refractivity (Wildman–Crippen MR) is 73.9 cm³/mol. The molecule has 1 amide bonds. The van der Waals surface area contributed by atoms with Gasteiger partial charge in [-0.3, -0.25) is 4.79 Å². The summed E-state index contributed by atoms with van der Waals surface area (Å²) >= 11 is 5.70. The fourth-order valence-corrected chi connectivity index (χ4v) is 1.81. The third-order valence-electron chi connectivity index (χ3n) is 2.76. The summed E-state index contributed by atoms with van der Waals surface area (Å²) < 4.78 is 37.9. The first-order chi connectivity index (χ1) is 9.79. The highest BCUT2D eigenvalue weighted by Crippen LogP contribution is 2.31. The first kappa shape index (κ1) is 15.3. The Morgan fingerprint density at radius 3 is 2.29 bits per heavy atom. The van der Waals surface area contributed by atoms with E-state index in [-0.39, 0.29) is 11.3 Å². The van der Waals surface area contributed by atoms with Gasteiger partial charge in [0.15, 0.2) is 0 Å². The van der Waals surface area contributed by atoms with Crippen molar-refractivity contribution in [3.05, 3.63) is 64.7 Å². The van der Waals surface area contributed by atoms with Crippen LogP contribution >= 0.6 is 11.6 Å². The molecule has 110 valence electrons. The molecule has 0 bridgehead atoms. The molecule has 0 aliphatic heterocycles. The fraction of sp³-hybridized carbons (Fsp3) is 0.0714. The van der Waals surface area contributed by atoms with E-state index in [0.29, 0.717) is 10.0 Å². The maximum Gasteiger partial charge on any atom is 0.416 e. The van der Waals surface area contributed by atoms with Crippen molar-refractivity contribution < 1.29 is 18.0 Å². The van der Waals surface area contributed by atoms with E-state index in [1.165, 1.54) is 36.4 Å². The molecule has 0 saturated carbocycles. The number of nitrogens with zero attached hydrogens (tertiary/aromatic N) is 1. The second-order valence-corrected chi connectivity index (χ2v) is 4.67. The van der Waals surface area contributed by atoms with Crippen molar-refractivity contribution in [3.63, 3.8) is 0 Å². The number of alkyl halides is 3. The Kier molecular flexibility index (Phi) is 4.20. The number of amides is 1. The molecular weight excluding hydrogens is 305 g/mol. The molecule has 0 aromatic heterocycles. The molecule has 2 aromatic rings. The molecule has 2 rings (SSSR count). The number of anilines is 1. The zero-order chi connectivity index (χ0) is 15.6. The number of hydrogen-bond acceptors (Lipinski definition) is 2. The van der Waals surface area contributed by atoms with E-state index in [1.807, 2.05) is 0 Å². The van der Waals surface area contributed by atoms with Gasteiger partial charge in [-0.15, -0.1) is 0 Å². The lowest BCUT2D eigenvalue weighted by atomic mass is 10.1. The van der Waals surface area contributed by atoms with Crippen LogP contribution in [0.25, 0.3) is 0 Å². The van der Waals surface area contributed by atoms with Crippen LogP contribution in [0.5, 0.6) is 0 Å². The van der Waals surface area contributed by atoms with Crippen LogP contribution < -0.4 is 10.9 Å². The number of benzene rings is 2. The van der Waals surface area contributed by atoms with Gasteiger partial charge in [-0.1, -0.05) is 17.7 Å². The van der Waals surface area contributed by atoms with Crippen LogP contribution in [0.2, 0.25) is 5.02 Å². The minimum Gasteiger partial charge on any atom is -0.267 e. The Morgan fingerprint density at radius 2 is 1.71 bits per heavy atom. The summed E-state index contributed by atoms with van der Waals surface area (Å²) in [5.74, 6) is 4.97. The van der Waals surface area contributed by atoms with Gasteiger partial charge < -0.3 is 0 Å². The van der Waals surface area contributed by atoms with Crippen molar-refractivity contribution in [3.8, 4) is 0 Å². The molecule has 0 radical (unpaired) electrons. The van der Waals surface area contributed by atoms with Crippen molar-refractivity contribution in [2.75, 3.05) is 5.01 Å². The van der Waals surface area contributed by atoms with Gasteiger partial charge in [0.05, 0.1) is 11.3 Å². The SMILES string of the molecule is NN(C(=O)c1ccc(Cl)cc1)c1cccc(C(F)(F)F)c1. The van der Waals surface area contributed by atoms with Gasteiger partial charge >= 0.3 is 6.18 Å². The first-order valence-corrected chi connectivity index (χ1v) is 6.19. The van der Waals surface area contributed by atoms with Gasteiger partial charge in [-0.05, 0) is 42.5 Å². The molecule has 0 saturated heterocycles. The van der Waals surface area contributed by atoms with E-state index >= 15 is 0 Å². The molecule has 0 unspecified atom stereocenters. The van der Waals surface area contributed by atoms with Crippen molar-refractivity contribution in [2.24, 2.45) is 5.84 Å². The molecule has 0 atom stereocenters. The van der Waals surface area contributed by atoms with Gasteiger partial charge in [-0.25, -0.2) is 10.9 Å². The highest BCUT2D eigenvalue weighted by molar-refractivity contribution is 6.30. The minimum absolute atomic E-state index is 0.0511. The van der Waals surface area contributed by atoms with Crippen molar-refractivity contribution >= 4 is 23.2 Å². The normalized spacial score (nSPS) is 11.3. The molecule has 2 N–H and O–H groups in total. The van der Waals surface area contributed by atoms with Crippen LogP contribution in [-0.4, -0.2) is 5.91 Å². The second kappa shape index (κ2) is 5.75. The Bertz CT molecular complexity index is 656. The molecular formula is C14H10ClF3N2O. The van der Waals surface area contributed by atoms with Crippen LogP contribution in [-0.2, 0) is 6.18 Å². The number of rotatable bonds is 2. The minimum atomic E-state index is -4.50. The lowest BCUT2D eigenvalue weighted by molar-refractivity contribution is -0.137. The highest BCUT2D eigenvalue weighted by atomic mass is 35.5. The van der Waals surface area contributed by atoms with E-state index in [0.717, 1.165) is 12.1 Å². The molecule has 0 heterocycles. The molecule has 0 aliphatic carbocycles. The quantitative estimate of drug-likeness (QED) is 0.519. The number of halogens is 4. The van der Waals surface area contributed by atoms with Gasteiger partial charge in [-0.2, -0.15) is 13.2 Å². The number of hydrazine groups is 1. The topological polar surface area (TPSA) is 46.3 Å². The average molecular weight is 315 g/mol. The molecule has 0 fully saturated rings. The average Bonchev–Trinajstić information content (AvgIpc) is 2.46. The van der Waals surface area contributed by atoms with Crippen molar-refractivity contribution in [1.29, 1.82) is 0 Å². The van der Waals surface area contributed by atoms with Crippen LogP contribution in [0.15, 0.2) is 48.5 Å². The highest BCUT2D eigenvalue weighted by Gasteiger charge is 2.31. The van der Waals surface area contributed by atoms with Crippen LogP contribution in [0.4, 0.5) is 18.9 Å². The predicted octanol–water partition coefficient (Wildman–Crippen LogP) is 3.88. The standard InChI is InChI=1S/C14H10ClF3N2O/c15-11-6-4-9(5-7-11)13(21)20(19)12-3-1-2-10(8-12)14(16,17)18/h1-8H,19H2. The Hall–Kier alpha value is -2.05. The number of carbonyl (C=O) groups excluding carboxylic acids is 1. The number of nitrogens with two attached hydrogens (primary N) is 1. The summed E-state index contributed by atoms with van der Waals surface area (Å²) in [6, 6.07) is 10.1. The number of hydrogen-bond donors (Lipinski definition) is 1. The molecule has 21 heavy (non-hydrogen) atoms. The summed E-state index contributed by atoms with van der Waals surface area (Å²) in [6.45, 7) is 0. The summed E-state index contributed by atoms with van der Waals surface area (Å²) in [6.07, 6.45) is -4.50.